The summed E-state index contributed by atoms with van der Waals surface area (Å²) in [5, 5.41) is 11.2. The summed E-state index contributed by atoms with van der Waals surface area (Å²) in [5.74, 6) is -1.95. The smallest absolute Gasteiger partial charge is 0.308 e. The first-order valence-corrected chi connectivity index (χ1v) is 6.60. The molecule has 2 amide bonds. The highest BCUT2D eigenvalue weighted by molar-refractivity contribution is 5.97. The van der Waals surface area contributed by atoms with Crippen molar-refractivity contribution in [1.29, 1.82) is 5.26 Å². The Morgan fingerprint density at radius 2 is 2.09 bits per heavy atom. The van der Waals surface area contributed by atoms with Crippen LogP contribution in [0, 0.1) is 17.2 Å². The van der Waals surface area contributed by atoms with Crippen LogP contribution in [-0.2, 0) is 9.59 Å². The molecule has 7 heteroatoms. The third kappa shape index (κ3) is 4.90. The minimum atomic E-state index is -0.954. The van der Waals surface area contributed by atoms with Crippen molar-refractivity contribution in [3.8, 4) is 11.8 Å². The molecule has 0 fully saturated rings. The standard InChI is InChI=1S/C15H17N3O4/c1-9(6-7-16)13(14(17)20)18-15(21)11-4-3-5-12(8-11)22-10(2)19/h3-5,8-9,13H,6H2,1-2H3,(H2,17,20)(H,18,21)/t9-,13-/m0/s1. The quantitative estimate of drug-likeness (QED) is 0.593. The lowest BCUT2D eigenvalue weighted by molar-refractivity contribution is -0.131. The molecule has 22 heavy (non-hydrogen) atoms. The molecule has 0 bridgehead atoms. The summed E-state index contributed by atoms with van der Waals surface area (Å²) in [6.07, 6.45) is 0.0847. The second-order valence-corrected chi connectivity index (χ2v) is 4.81. The van der Waals surface area contributed by atoms with Gasteiger partial charge in [-0.15, -0.1) is 0 Å². The largest absolute Gasteiger partial charge is 0.427 e. The molecule has 1 aromatic rings. The van der Waals surface area contributed by atoms with Gasteiger partial charge in [0.15, 0.2) is 0 Å². The maximum atomic E-state index is 12.2. The molecule has 0 aliphatic carbocycles. The number of hydrogen-bond donors (Lipinski definition) is 2. The maximum Gasteiger partial charge on any atom is 0.308 e. The molecule has 0 radical (unpaired) electrons. The van der Waals surface area contributed by atoms with Crippen LogP contribution in [0.4, 0.5) is 0 Å². The number of nitrogens with two attached hydrogens (primary N) is 1. The minimum absolute atomic E-state index is 0.0847. The van der Waals surface area contributed by atoms with E-state index in [0.717, 1.165) is 0 Å². The van der Waals surface area contributed by atoms with E-state index in [1.165, 1.54) is 25.1 Å². The van der Waals surface area contributed by atoms with Crippen molar-refractivity contribution in [2.45, 2.75) is 26.3 Å². The molecule has 0 saturated carbocycles. The van der Waals surface area contributed by atoms with E-state index in [2.05, 4.69) is 5.32 Å². The molecule has 0 aliphatic rings. The summed E-state index contributed by atoms with van der Waals surface area (Å²) in [6, 6.07) is 6.94. The van der Waals surface area contributed by atoms with Crippen molar-refractivity contribution < 1.29 is 19.1 Å². The summed E-state index contributed by atoms with van der Waals surface area (Å²) in [6.45, 7) is 2.90. The predicted octanol–water partition coefficient (Wildman–Crippen LogP) is 0.745. The number of nitrogens with one attached hydrogen (secondary N) is 1. The molecule has 3 N–H and O–H groups in total. The summed E-state index contributed by atoms with van der Waals surface area (Å²) in [7, 11) is 0. The molecule has 2 atom stereocenters. The molecule has 0 unspecified atom stereocenters. The molecular formula is C15H17N3O4. The van der Waals surface area contributed by atoms with Crippen LogP contribution in [0.2, 0.25) is 0 Å². The molecule has 116 valence electrons. The number of hydrogen-bond acceptors (Lipinski definition) is 5. The van der Waals surface area contributed by atoms with E-state index < -0.39 is 29.7 Å². The Morgan fingerprint density at radius 3 is 2.64 bits per heavy atom. The van der Waals surface area contributed by atoms with E-state index in [4.69, 9.17) is 15.7 Å². The third-order valence-electron chi connectivity index (χ3n) is 2.93. The first-order valence-electron chi connectivity index (χ1n) is 6.60. The Balaban J connectivity index is 2.88. The van der Waals surface area contributed by atoms with Gasteiger partial charge in [-0.1, -0.05) is 13.0 Å². The molecular weight excluding hydrogens is 286 g/mol. The van der Waals surface area contributed by atoms with E-state index in [9.17, 15) is 14.4 Å². The van der Waals surface area contributed by atoms with E-state index in [1.54, 1.807) is 13.0 Å². The van der Waals surface area contributed by atoms with Crippen LogP contribution in [0.3, 0.4) is 0 Å². The van der Waals surface area contributed by atoms with Crippen LogP contribution in [0.15, 0.2) is 24.3 Å². The van der Waals surface area contributed by atoms with E-state index >= 15 is 0 Å². The van der Waals surface area contributed by atoms with Gasteiger partial charge in [-0.3, -0.25) is 14.4 Å². The highest BCUT2D eigenvalue weighted by atomic mass is 16.5. The zero-order valence-electron chi connectivity index (χ0n) is 12.3. The molecule has 0 aliphatic heterocycles. The van der Waals surface area contributed by atoms with Crippen LogP contribution in [0.1, 0.15) is 30.6 Å². The van der Waals surface area contributed by atoms with Crippen molar-refractivity contribution >= 4 is 17.8 Å². The summed E-state index contributed by atoms with van der Waals surface area (Å²) >= 11 is 0. The van der Waals surface area contributed by atoms with Gasteiger partial charge in [0.05, 0.1) is 6.07 Å². The molecule has 0 saturated heterocycles. The van der Waals surface area contributed by atoms with Gasteiger partial charge in [0.1, 0.15) is 11.8 Å². The molecule has 0 aromatic heterocycles. The van der Waals surface area contributed by atoms with Gasteiger partial charge in [0.25, 0.3) is 5.91 Å². The number of nitriles is 1. The zero-order chi connectivity index (χ0) is 16.7. The topological polar surface area (TPSA) is 122 Å². The molecule has 7 nitrogen and oxygen atoms in total. The fraction of sp³-hybridized carbons (Fsp3) is 0.333. The number of nitrogens with zero attached hydrogens (tertiary/aromatic N) is 1. The van der Waals surface area contributed by atoms with Gasteiger partial charge in [-0.05, 0) is 24.1 Å². The van der Waals surface area contributed by atoms with Gasteiger partial charge in [0.2, 0.25) is 5.91 Å². The Hall–Kier alpha value is -2.88. The van der Waals surface area contributed by atoms with Crippen molar-refractivity contribution in [2.75, 3.05) is 0 Å². The normalized spacial score (nSPS) is 12.6. The first kappa shape index (κ1) is 17.2. The van der Waals surface area contributed by atoms with Crippen LogP contribution in [0.5, 0.6) is 5.75 Å². The number of rotatable bonds is 6. The highest BCUT2D eigenvalue weighted by Crippen LogP contribution is 2.15. The average molecular weight is 303 g/mol. The zero-order valence-corrected chi connectivity index (χ0v) is 12.3. The van der Waals surface area contributed by atoms with E-state index in [-0.39, 0.29) is 17.7 Å². The van der Waals surface area contributed by atoms with Gasteiger partial charge in [-0.2, -0.15) is 5.26 Å². The van der Waals surface area contributed by atoms with Crippen LogP contribution in [-0.4, -0.2) is 23.8 Å². The second-order valence-electron chi connectivity index (χ2n) is 4.81. The van der Waals surface area contributed by atoms with Gasteiger partial charge >= 0.3 is 5.97 Å². The van der Waals surface area contributed by atoms with Crippen LogP contribution < -0.4 is 15.8 Å². The molecule has 0 heterocycles. The van der Waals surface area contributed by atoms with Crippen LogP contribution in [0.25, 0.3) is 0 Å². The fourth-order valence-corrected chi connectivity index (χ4v) is 1.85. The fourth-order valence-electron chi connectivity index (χ4n) is 1.85. The number of esters is 1. The number of primary amides is 1. The summed E-state index contributed by atoms with van der Waals surface area (Å²) in [4.78, 5) is 34.5. The Morgan fingerprint density at radius 1 is 1.41 bits per heavy atom. The monoisotopic (exact) mass is 303 g/mol. The SMILES string of the molecule is CC(=O)Oc1cccc(C(=O)N[C@H](C(N)=O)[C@@H](C)CC#N)c1. The molecule has 1 aromatic carbocycles. The third-order valence-corrected chi connectivity index (χ3v) is 2.93. The lowest BCUT2D eigenvalue weighted by Gasteiger charge is -2.20. The van der Waals surface area contributed by atoms with Crippen molar-refractivity contribution in [3.63, 3.8) is 0 Å². The Bertz CT molecular complexity index is 621. The van der Waals surface area contributed by atoms with Gasteiger partial charge < -0.3 is 15.8 Å². The molecule has 1 rings (SSSR count). The number of benzene rings is 1. The second kappa shape index (κ2) is 7.78. The first-order chi connectivity index (χ1) is 10.3. The Labute approximate surface area is 128 Å². The van der Waals surface area contributed by atoms with Gasteiger partial charge in [-0.25, -0.2) is 0 Å². The Kier molecular flexibility index (Phi) is 6.08. The van der Waals surface area contributed by atoms with Crippen molar-refractivity contribution in [3.05, 3.63) is 29.8 Å². The summed E-state index contributed by atoms with van der Waals surface area (Å²) in [5.41, 5.74) is 5.47. The lowest BCUT2D eigenvalue weighted by Crippen LogP contribution is -2.48. The lowest BCUT2D eigenvalue weighted by atomic mass is 9.98. The number of ether oxygens (including phenoxy) is 1. The number of carbonyl (C=O) groups is 3. The highest BCUT2D eigenvalue weighted by Gasteiger charge is 2.25. The average Bonchev–Trinajstić information content (AvgIpc) is 2.43. The van der Waals surface area contributed by atoms with E-state index in [1.807, 2.05) is 6.07 Å². The summed E-state index contributed by atoms with van der Waals surface area (Å²) < 4.78 is 4.89. The van der Waals surface area contributed by atoms with Gasteiger partial charge in [0, 0.05) is 18.9 Å². The van der Waals surface area contributed by atoms with E-state index in [0.29, 0.717) is 0 Å². The van der Waals surface area contributed by atoms with Crippen molar-refractivity contribution in [2.24, 2.45) is 11.7 Å². The predicted molar refractivity (Wildman–Crippen MR) is 77.6 cm³/mol. The number of amides is 2. The van der Waals surface area contributed by atoms with Crippen molar-refractivity contribution in [1.82, 2.24) is 5.32 Å². The number of carbonyl (C=O) groups excluding carboxylic acids is 3. The van der Waals surface area contributed by atoms with Crippen LogP contribution >= 0.6 is 0 Å². The maximum absolute atomic E-state index is 12.2. The molecule has 0 spiro atoms. The minimum Gasteiger partial charge on any atom is -0.427 e.